The highest BCUT2D eigenvalue weighted by atomic mass is 19.1. The molecule has 1 rings (SSSR count). The van der Waals surface area contributed by atoms with Gasteiger partial charge in [0.05, 0.1) is 0 Å². The highest BCUT2D eigenvalue weighted by Crippen LogP contribution is 2.11. The Morgan fingerprint density at radius 1 is 1.37 bits per heavy atom. The maximum Gasteiger partial charge on any atom is 0.303 e. The maximum absolute atomic E-state index is 13.3. The minimum absolute atomic E-state index is 0.174. The molecule has 1 unspecified atom stereocenters. The molecule has 0 saturated heterocycles. The molecular formula is C14H19F2NO2. The van der Waals surface area contributed by atoms with E-state index in [4.69, 9.17) is 5.11 Å². The molecule has 5 heteroatoms. The van der Waals surface area contributed by atoms with Crippen LogP contribution in [0.25, 0.3) is 0 Å². The number of halogens is 2. The van der Waals surface area contributed by atoms with Crippen molar-refractivity contribution in [2.24, 2.45) is 5.92 Å². The Kier molecular flexibility index (Phi) is 6.42. The van der Waals surface area contributed by atoms with Crippen LogP contribution in [0, 0.1) is 17.6 Å². The van der Waals surface area contributed by atoms with Crippen molar-refractivity contribution >= 4 is 5.97 Å². The Balaban J connectivity index is 2.21. The molecule has 0 bridgehead atoms. The van der Waals surface area contributed by atoms with Crippen molar-refractivity contribution < 1.29 is 18.7 Å². The summed E-state index contributed by atoms with van der Waals surface area (Å²) in [5, 5.41) is 11.6. The average Bonchev–Trinajstić information content (AvgIpc) is 2.34. The highest BCUT2D eigenvalue weighted by Gasteiger charge is 2.06. The minimum Gasteiger partial charge on any atom is -0.481 e. The number of benzene rings is 1. The molecule has 19 heavy (non-hydrogen) atoms. The number of hydrogen-bond acceptors (Lipinski definition) is 2. The quantitative estimate of drug-likeness (QED) is 0.715. The van der Waals surface area contributed by atoms with Gasteiger partial charge in [0, 0.05) is 24.6 Å². The molecule has 0 amide bonds. The Hall–Kier alpha value is -1.49. The second-order valence-corrected chi connectivity index (χ2v) is 4.74. The van der Waals surface area contributed by atoms with Crippen LogP contribution in [-0.2, 0) is 11.3 Å². The van der Waals surface area contributed by atoms with E-state index in [2.05, 4.69) is 5.32 Å². The Morgan fingerprint density at radius 2 is 2.11 bits per heavy atom. The summed E-state index contributed by atoms with van der Waals surface area (Å²) in [7, 11) is 0. The third-order valence-electron chi connectivity index (χ3n) is 3.00. The van der Waals surface area contributed by atoms with Crippen molar-refractivity contribution in [1.29, 1.82) is 0 Å². The van der Waals surface area contributed by atoms with Gasteiger partial charge in [-0.25, -0.2) is 8.78 Å². The normalized spacial score (nSPS) is 12.4. The summed E-state index contributed by atoms with van der Waals surface area (Å²) in [6, 6.07) is 3.52. The van der Waals surface area contributed by atoms with Gasteiger partial charge in [-0.15, -0.1) is 0 Å². The molecule has 106 valence electrons. The zero-order valence-corrected chi connectivity index (χ0v) is 11.0. The van der Waals surface area contributed by atoms with Crippen LogP contribution in [0.3, 0.4) is 0 Å². The average molecular weight is 271 g/mol. The van der Waals surface area contributed by atoms with Gasteiger partial charge in [-0.2, -0.15) is 0 Å². The summed E-state index contributed by atoms with van der Waals surface area (Å²) in [4.78, 5) is 10.4. The second kappa shape index (κ2) is 7.84. The Labute approximate surface area is 111 Å². The third-order valence-corrected chi connectivity index (χ3v) is 3.00. The van der Waals surface area contributed by atoms with Gasteiger partial charge in [0.15, 0.2) is 0 Å². The van der Waals surface area contributed by atoms with Crippen molar-refractivity contribution in [3.63, 3.8) is 0 Å². The van der Waals surface area contributed by atoms with Gasteiger partial charge in [-0.1, -0.05) is 13.0 Å². The zero-order chi connectivity index (χ0) is 14.3. The van der Waals surface area contributed by atoms with E-state index < -0.39 is 17.6 Å². The van der Waals surface area contributed by atoms with Crippen molar-refractivity contribution in [3.8, 4) is 0 Å². The number of carboxylic acids is 1. The summed E-state index contributed by atoms with van der Waals surface area (Å²) >= 11 is 0. The smallest absolute Gasteiger partial charge is 0.303 e. The third kappa shape index (κ3) is 6.29. The molecule has 0 aliphatic rings. The molecule has 0 aliphatic carbocycles. The Morgan fingerprint density at radius 3 is 2.74 bits per heavy atom. The molecule has 0 radical (unpaired) electrons. The van der Waals surface area contributed by atoms with Crippen LogP contribution in [0.2, 0.25) is 0 Å². The standard InChI is InChI=1S/C14H19F2NO2/c1-10(2-5-14(18)19)6-7-17-9-11-3-4-12(15)8-13(11)16/h3-4,8,10,17H,2,5-7,9H2,1H3,(H,18,19). The maximum atomic E-state index is 13.3. The second-order valence-electron chi connectivity index (χ2n) is 4.74. The minimum atomic E-state index is -0.784. The fraction of sp³-hybridized carbons (Fsp3) is 0.500. The van der Waals surface area contributed by atoms with E-state index in [9.17, 15) is 13.6 Å². The first-order chi connectivity index (χ1) is 8.99. The van der Waals surface area contributed by atoms with E-state index >= 15 is 0 Å². The van der Waals surface area contributed by atoms with Crippen LogP contribution in [0.15, 0.2) is 18.2 Å². The van der Waals surface area contributed by atoms with Crippen LogP contribution in [0.4, 0.5) is 8.78 Å². The molecular weight excluding hydrogens is 252 g/mol. The monoisotopic (exact) mass is 271 g/mol. The number of hydrogen-bond donors (Lipinski definition) is 2. The first kappa shape index (κ1) is 15.6. The zero-order valence-electron chi connectivity index (χ0n) is 11.0. The molecule has 3 nitrogen and oxygen atoms in total. The van der Waals surface area contributed by atoms with E-state index in [1.54, 1.807) is 0 Å². The van der Waals surface area contributed by atoms with Crippen molar-refractivity contribution in [2.45, 2.75) is 32.7 Å². The van der Waals surface area contributed by atoms with E-state index in [1.807, 2.05) is 6.92 Å². The molecule has 2 N–H and O–H groups in total. The van der Waals surface area contributed by atoms with Crippen molar-refractivity contribution in [2.75, 3.05) is 6.54 Å². The summed E-state index contributed by atoms with van der Waals surface area (Å²) in [6.07, 6.45) is 1.64. The van der Waals surface area contributed by atoms with Crippen LogP contribution in [-0.4, -0.2) is 17.6 Å². The number of carbonyl (C=O) groups is 1. The van der Waals surface area contributed by atoms with Crippen LogP contribution < -0.4 is 5.32 Å². The van der Waals surface area contributed by atoms with E-state index in [1.165, 1.54) is 12.1 Å². The van der Waals surface area contributed by atoms with Crippen molar-refractivity contribution in [3.05, 3.63) is 35.4 Å². The van der Waals surface area contributed by atoms with Gasteiger partial charge in [-0.05, 0) is 31.4 Å². The number of carboxylic acid groups (broad SMARTS) is 1. The first-order valence-corrected chi connectivity index (χ1v) is 6.35. The van der Waals surface area contributed by atoms with Gasteiger partial charge in [0.25, 0.3) is 0 Å². The van der Waals surface area contributed by atoms with Gasteiger partial charge in [0.1, 0.15) is 11.6 Å². The molecule has 0 heterocycles. The first-order valence-electron chi connectivity index (χ1n) is 6.35. The largest absolute Gasteiger partial charge is 0.481 e. The van der Waals surface area contributed by atoms with Gasteiger partial charge >= 0.3 is 5.97 Å². The molecule has 0 spiro atoms. The fourth-order valence-corrected chi connectivity index (χ4v) is 1.75. The molecule has 1 aromatic rings. The lowest BCUT2D eigenvalue weighted by Crippen LogP contribution is -2.18. The topological polar surface area (TPSA) is 49.3 Å². The highest BCUT2D eigenvalue weighted by molar-refractivity contribution is 5.66. The van der Waals surface area contributed by atoms with Crippen LogP contribution >= 0.6 is 0 Å². The van der Waals surface area contributed by atoms with Gasteiger partial charge in [0.2, 0.25) is 0 Å². The lowest BCUT2D eigenvalue weighted by atomic mass is 10.0. The Bertz CT molecular complexity index is 424. The van der Waals surface area contributed by atoms with Crippen LogP contribution in [0.1, 0.15) is 31.7 Å². The van der Waals surface area contributed by atoms with Gasteiger partial charge < -0.3 is 10.4 Å². The summed E-state index contributed by atoms with van der Waals surface area (Å²) in [5.41, 5.74) is 0.430. The summed E-state index contributed by atoms with van der Waals surface area (Å²) in [5.74, 6) is -1.61. The number of aliphatic carboxylic acids is 1. The number of rotatable bonds is 8. The predicted octanol–water partition coefficient (Wildman–Crippen LogP) is 2.95. The summed E-state index contributed by atoms with van der Waals surface area (Å²) in [6.45, 7) is 3.01. The molecule has 0 fully saturated rings. The van der Waals surface area contributed by atoms with E-state index in [0.717, 1.165) is 12.5 Å². The molecule has 0 aliphatic heterocycles. The van der Waals surface area contributed by atoms with Crippen LogP contribution in [0.5, 0.6) is 0 Å². The number of nitrogens with one attached hydrogen (secondary N) is 1. The van der Waals surface area contributed by atoms with Gasteiger partial charge in [-0.3, -0.25) is 4.79 Å². The lowest BCUT2D eigenvalue weighted by molar-refractivity contribution is -0.137. The van der Waals surface area contributed by atoms with E-state index in [-0.39, 0.29) is 6.42 Å². The lowest BCUT2D eigenvalue weighted by Gasteiger charge is -2.11. The summed E-state index contributed by atoms with van der Waals surface area (Å²) < 4.78 is 26.0. The fourth-order valence-electron chi connectivity index (χ4n) is 1.75. The molecule has 1 atom stereocenters. The molecule has 0 saturated carbocycles. The van der Waals surface area contributed by atoms with Crippen molar-refractivity contribution in [1.82, 2.24) is 5.32 Å². The molecule has 1 aromatic carbocycles. The molecule has 0 aromatic heterocycles. The predicted molar refractivity (Wildman–Crippen MR) is 68.7 cm³/mol. The van der Waals surface area contributed by atoms with E-state index in [0.29, 0.717) is 31.0 Å². The SMILES string of the molecule is CC(CCNCc1ccc(F)cc1F)CCC(=O)O.